The van der Waals surface area contributed by atoms with Crippen molar-refractivity contribution in [1.29, 1.82) is 0 Å². The number of carboxylic acid groups (broad SMARTS) is 1. The molecule has 7 nitrogen and oxygen atoms in total. The molecule has 9 heteroatoms. The van der Waals surface area contributed by atoms with Gasteiger partial charge in [-0.25, -0.2) is 9.59 Å². The molecule has 0 radical (unpaired) electrons. The maximum absolute atomic E-state index is 13.6. The Morgan fingerprint density at radius 3 is 2.39 bits per heavy atom. The lowest BCUT2D eigenvalue weighted by molar-refractivity contribution is -0.136. The second kappa shape index (κ2) is 10.4. The Kier molecular flexibility index (Phi) is 7.15. The molecule has 3 aromatic carbocycles. The molecule has 0 bridgehead atoms. The SMILES string of the molecule is COC(=O)C1=C(C)NC2=C(C(=O)c3ccccc32)[C@H]1c1cc(Br)c(OCc2ccc(C(=O)O)cc2)c(I)c1. The average Bonchev–Trinajstić information content (AvgIpc) is 3.18. The standard InChI is InChI=1S/C29H21BrINO6/c1-14-22(29(36)37-2)23(24-25(32-14)18-5-3-4-6-19(18)26(24)33)17-11-20(30)27(21(31)12-17)38-13-15-7-9-16(10-8-15)28(34)35/h3-12,23,32H,13H2,1-2H3,(H,34,35)/t23-/m0/s1. The highest BCUT2D eigenvalue weighted by Crippen LogP contribution is 2.48. The third-order valence-corrected chi connectivity index (χ3v) is 7.98. The number of allylic oxidation sites excluding steroid dienone is 2. The summed E-state index contributed by atoms with van der Waals surface area (Å²) in [7, 11) is 1.33. The number of hydrogen-bond donors (Lipinski definition) is 2. The highest BCUT2D eigenvalue weighted by atomic mass is 127. The van der Waals surface area contributed by atoms with Crippen molar-refractivity contribution in [3.8, 4) is 5.75 Å². The summed E-state index contributed by atoms with van der Waals surface area (Å²) in [4.78, 5) is 37.7. The van der Waals surface area contributed by atoms with Crippen molar-refractivity contribution in [2.75, 3.05) is 7.11 Å². The number of ketones is 1. The molecule has 2 aliphatic rings. The van der Waals surface area contributed by atoms with E-state index in [0.29, 0.717) is 38.3 Å². The van der Waals surface area contributed by atoms with Gasteiger partial charge in [-0.1, -0.05) is 36.4 Å². The molecule has 0 unspecified atom stereocenters. The smallest absolute Gasteiger partial charge is 0.336 e. The molecule has 2 N–H and O–H groups in total. The summed E-state index contributed by atoms with van der Waals surface area (Å²) in [5, 5.41) is 12.4. The number of carbonyl (C=O) groups is 3. The summed E-state index contributed by atoms with van der Waals surface area (Å²) in [6, 6.07) is 17.7. The highest BCUT2D eigenvalue weighted by molar-refractivity contribution is 14.1. The summed E-state index contributed by atoms with van der Waals surface area (Å²) in [5.74, 6) is -1.66. The molecule has 0 spiro atoms. The number of Topliss-reactive ketones (excluding diaryl/α,β-unsaturated/α-hetero) is 1. The number of fused-ring (bicyclic) bond motifs is 2. The van der Waals surface area contributed by atoms with Gasteiger partial charge >= 0.3 is 11.9 Å². The Hall–Kier alpha value is -3.44. The number of esters is 1. The molecule has 0 fully saturated rings. The number of nitrogens with one attached hydrogen (secondary N) is 1. The van der Waals surface area contributed by atoms with Gasteiger partial charge in [0.1, 0.15) is 12.4 Å². The van der Waals surface area contributed by atoms with Crippen LogP contribution < -0.4 is 10.1 Å². The summed E-state index contributed by atoms with van der Waals surface area (Å²) in [6.45, 7) is 2.04. The minimum Gasteiger partial charge on any atom is -0.487 e. The van der Waals surface area contributed by atoms with E-state index < -0.39 is 17.9 Å². The Morgan fingerprint density at radius 1 is 1.08 bits per heavy atom. The van der Waals surface area contributed by atoms with E-state index in [4.69, 9.17) is 14.6 Å². The van der Waals surface area contributed by atoms with Gasteiger partial charge in [0.25, 0.3) is 0 Å². The van der Waals surface area contributed by atoms with Gasteiger partial charge in [-0.15, -0.1) is 0 Å². The molecule has 1 aliphatic carbocycles. The monoisotopic (exact) mass is 685 g/mol. The number of rotatable bonds is 6. The van der Waals surface area contributed by atoms with Crippen LogP contribution in [0.5, 0.6) is 5.75 Å². The number of dihydropyridines is 1. The number of carboxylic acids is 1. The number of aromatic carboxylic acids is 1. The van der Waals surface area contributed by atoms with Crippen LogP contribution >= 0.6 is 38.5 Å². The molecule has 0 saturated heterocycles. The van der Waals surface area contributed by atoms with Crippen molar-refractivity contribution >= 4 is 61.9 Å². The van der Waals surface area contributed by atoms with Crippen LogP contribution in [0, 0.1) is 3.57 Å². The molecule has 5 rings (SSSR count). The maximum atomic E-state index is 13.6. The van der Waals surface area contributed by atoms with Gasteiger partial charge in [0.15, 0.2) is 5.78 Å². The van der Waals surface area contributed by atoms with Crippen LogP contribution in [-0.4, -0.2) is 29.9 Å². The van der Waals surface area contributed by atoms with Crippen LogP contribution in [0.2, 0.25) is 0 Å². The molecule has 0 amide bonds. The zero-order valence-corrected chi connectivity index (χ0v) is 24.0. The largest absolute Gasteiger partial charge is 0.487 e. The number of hydrogen-bond acceptors (Lipinski definition) is 6. The molecule has 0 aromatic heterocycles. The van der Waals surface area contributed by atoms with Crippen molar-refractivity contribution in [3.63, 3.8) is 0 Å². The first-order valence-electron chi connectivity index (χ1n) is 11.6. The van der Waals surface area contributed by atoms with Gasteiger partial charge in [0, 0.05) is 28.3 Å². The zero-order chi connectivity index (χ0) is 27.1. The predicted molar refractivity (Wildman–Crippen MR) is 153 cm³/mol. The third-order valence-electron chi connectivity index (χ3n) is 6.59. The van der Waals surface area contributed by atoms with Crippen LogP contribution in [0.3, 0.4) is 0 Å². The van der Waals surface area contributed by atoms with Crippen molar-refractivity contribution in [3.05, 3.63) is 113 Å². The minimum absolute atomic E-state index is 0.127. The number of halogens is 2. The van der Waals surface area contributed by atoms with E-state index in [-0.39, 0.29) is 18.0 Å². The van der Waals surface area contributed by atoms with E-state index in [1.54, 1.807) is 18.2 Å². The van der Waals surface area contributed by atoms with Crippen LogP contribution in [0.25, 0.3) is 5.70 Å². The quantitative estimate of drug-likeness (QED) is 0.240. The molecular weight excluding hydrogens is 665 g/mol. The normalized spacial score (nSPS) is 16.1. The first kappa shape index (κ1) is 26.2. The van der Waals surface area contributed by atoms with Crippen LogP contribution in [0.1, 0.15) is 50.2 Å². The topological polar surface area (TPSA) is 102 Å². The Bertz CT molecular complexity index is 1550. The molecule has 38 heavy (non-hydrogen) atoms. The van der Waals surface area contributed by atoms with E-state index in [9.17, 15) is 14.4 Å². The van der Waals surface area contributed by atoms with Gasteiger partial charge in [-0.3, -0.25) is 4.79 Å². The molecule has 1 atom stereocenters. The molecule has 3 aromatic rings. The molecule has 0 saturated carbocycles. The number of ether oxygens (including phenoxy) is 2. The molecule has 1 heterocycles. The van der Waals surface area contributed by atoms with Gasteiger partial charge in [0.2, 0.25) is 0 Å². The van der Waals surface area contributed by atoms with Crippen LogP contribution in [-0.2, 0) is 16.1 Å². The molecule has 1 aliphatic heterocycles. The van der Waals surface area contributed by atoms with Gasteiger partial charge in [0.05, 0.1) is 32.0 Å². The zero-order valence-electron chi connectivity index (χ0n) is 20.3. The Labute approximate surface area is 240 Å². The molecular formula is C29H21BrINO6. The Balaban J connectivity index is 1.53. The second-order valence-corrected chi connectivity index (χ2v) is 10.9. The fourth-order valence-electron chi connectivity index (χ4n) is 4.83. The van der Waals surface area contributed by atoms with Gasteiger partial charge < -0.3 is 19.9 Å². The summed E-state index contributed by atoms with van der Waals surface area (Å²) in [6.07, 6.45) is 0. The fourth-order valence-corrected chi connectivity index (χ4v) is 6.59. The summed E-state index contributed by atoms with van der Waals surface area (Å²) >= 11 is 5.79. The minimum atomic E-state index is -0.985. The Morgan fingerprint density at radius 2 is 1.76 bits per heavy atom. The fraction of sp³-hybridized carbons (Fsp3) is 0.138. The number of methoxy groups -OCH3 is 1. The van der Waals surface area contributed by atoms with E-state index >= 15 is 0 Å². The lowest BCUT2D eigenvalue weighted by Gasteiger charge is -2.29. The maximum Gasteiger partial charge on any atom is 0.336 e. The van der Waals surface area contributed by atoms with E-state index in [1.807, 2.05) is 37.3 Å². The summed E-state index contributed by atoms with van der Waals surface area (Å²) in [5.41, 5.74) is 5.38. The van der Waals surface area contributed by atoms with E-state index in [0.717, 1.165) is 20.3 Å². The van der Waals surface area contributed by atoms with Crippen molar-refractivity contribution in [2.45, 2.75) is 19.4 Å². The second-order valence-electron chi connectivity index (χ2n) is 8.86. The lowest BCUT2D eigenvalue weighted by Crippen LogP contribution is -2.29. The first-order valence-corrected chi connectivity index (χ1v) is 13.5. The van der Waals surface area contributed by atoms with Crippen molar-refractivity contribution in [1.82, 2.24) is 5.32 Å². The van der Waals surface area contributed by atoms with Gasteiger partial charge in [-0.05, 0) is 80.8 Å². The van der Waals surface area contributed by atoms with E-state index in [2.05, 4.69) is 43.8 Å². The molecule has 192 valence electrons. The van der Waals surface area contributed by atoms with Crippen LogP contribution in [0.4, 0.5) is 0 Å². The van der Waals surface area contributed by atoms with Crippen molar-refractivity contribution < 1.29 is 29.0 Å². The number of benzene rings is 3. The predicted octanol–water partition coefficient (Wildman–Crippen LogP) is 6.07. The van der Waals surface area contributed by atoms with Crippen LogP contribution in [0.15, 0.2) is 82.0 Å². The lowest BCUT2D eigenvalue weighted by atomic mass is 9.80. The van der Waals surface area contributed by atoms with E-state index in [1.165, 1.54) is 19.2 Å². The average molecular weight is 686 g/mol. The third kappa shape index (κ3) is 4.54. The first-order chi connectivity index (χ1) is 18.2. The highest BCUT2D eigenvalue weighted by Gasteiger charge is 2.43. The number of carbonyl (C=O) groups excluding carboxylic acids is 2. The van der Waals surface area contributed by atoms with Crippen molar-refractivity contribution in [2.24, 2.45) is 0 Å². The summed E-state index contributed by atoms with van der Waals surface area (Å²) < 4.78 is 12.6. The van der Waals surface area contributed by atoms with Gasteiger partial charge in [-0.2, -0.15) is 0 Å².